The molecule has 0 aromatic heterocycles. The molecule has 0 saturated carbocycles. The molecule has 0 aromatic rings. The van der Waals surface area contributed by atoms with Crippen LogP contribution in [-0.2, 0) is 0 Å². The normalized spacial score (nSPS) is 33.0. The summed E-state index contributed by atoms with van der Waals surface area (Å²) in [6, 6.07) is 1.64. The summed E-state index contributed by atoms with van der Waals surface area (Å²) in [5.41, 5.74) is 6.09. The fraction of sp³-hybridized carbons (Fsp3) is 1.00. The maximum Gasteiger partial charge on any atom is 0.0223 e. The van der Waals surface area contributed by atoms with E-state index < -0.39 is 0 Å². The highest BCUT2D eigenvalue weighted by molar-refractivity contribution is 4.92. The summed E-state index contributed by atoms with van der Waals surface area (Å²) < 4.78 is 0. The lowest BCUT2D eigenvalue weighted by molar-refractivity contribution is 0.164. The van der Waals surface area contributed by atoms with Crippen molar-refractivity contribution in [2.75, 3.05) is 33.2 Å². The maximum absolute atomic E-state index is 5.83. The van der Waals surface area contributed by atoms with E-state index in [1.54, 1.807) is 0 Å². The van der Waals surface area contributed by atoms with E-state index >= 15 is 0 Å². The average Bonchev–Trinajstić information content (AvgIpc) is 2.47. The number of likely N-dealkylation sites (tertiary alicyclic amines) is 1. The third-order valence-electron chi connectivity index (χ3n) is 4.44. The first-order valence-electron chi connectivity index (χ1n) is 6.66. The van der Waals surface area contributed by atoms with Crippen LogP contribution in [-0.4, -0.2) is 55.1 Å². The minimum Gasteiger partial charge on any atom is -0.330 e. The molecule has 0 spiro atoms. The van der Waals surface area contributed by atoms with Gasteiger partial charge in [-0.3, -0.25) is 4.90 Å². The molecule has 2 bridgehead atoms. The number of rotatable bonds is 3. The Morgan fingerprint density at radius 2 is 1.88 bits per heavy atom. The van der Waals surface area contributed by atoms with Gasteiger partial charge in [-0.15, -0.1) is 0 Å². The summed E-state index contributed by atoms with van der Waals surface area (Å²) in [6.45, 7) is 9.00. The molecule has 2 unspecified atom stereocenters. The fourth-order valence-electron chi connectivity index (χ4n) is 3.19. The van der Waals surface area contributed by atoms with Crippen molar-refractivity contribution in [1.29, 1.82) is 0 Å². The molecule has 2 saturated heterocycles. The molecular weight excluding hydrogens is 198 g/mol. The van der Waals surface area contributed by atoms with E-state index in [0.29, 0.717) is 0 Å². The first kappa shape index (κ1) is 12.3. The van der Waals surface area contributed by atoms with Gasteiger partial charge in [0.15, 0.2) is 0 Å². The first-order valence-corrected chi connectivity index (χ1v) is 6.66. The Hall–Kier alpha value is -0.120. The molecule has 0 amide bonds. The fourth-order valence-corrected chi connectivity index (χ4v) is 3.19. The Labute approximate surface area is 100.0 Å². The van der Waals surface area contributed by atoms with Crippen LogP contribution in [0, 0.1) is 5.41 Å². The Morgan fingerprint density at radius 3 is 2.56 bits per heavy atom. The zero-order valence-electron chi connectivity index (χ0n) is 11.1. The van der Waals surface area contributed by atoms with Gasteiger partial charge in [0.1, 0.15) is 0 Å². The van der Waals surface area contributed by atoms with Crippen molar-refractivity contribution < 1.29 is 0 Å². The molecule has 0 radical (unpaired) electrons. The molecule has 2 atom stereocenters. The largest absolute Gasteiger partial charge is 0.330 e. The minimum atomic E-state index is 0.266. The molecule has 0 aromatic carbocycles. The lowest BCUT2D eigenvalue weighted by Crippen LogP contribution is -2.43. The van der Waals surface area contributed by atoms with Gasteiger partial charge in [-0.1, -0.05) is 13.8 Å². The van der Waals surface area contributed by atoms with Crippen molar-refractivity contribution in [3.8, 4) is 0 Å². The number of fused-ring (bicyclic) bond motifs is 2. The molecule has 3 heteroatoms. The Balaban J connectivity index is 1.94. The molecule has 2 aliphatic heterocycles. The number of hydrogen-bond donors (Lipinski definition) is 1. The number of likely N-dealkylation sites (N-methyl/N-ethyl adjacent to an activating group) is 1. The van der Waals surface area contributed by atoms with Gasteiger partial charge >= 0.3 is 0 Å². The predicted octanol–water partition coefficient (Wildman–Crippen LogP) is 1.14. The van der Waals surface area contributed by atoms with Gasteiger partial charge in [0.25, 0.3) is 0 Å². The van der Waals surface area contributed by atoms with E-state index in [9.17, 15) is 0 Å². The maximum atomic E-state index is 5.83. The van der Waals surface area contributed by atoms with Crippen molar-refractivity contribution in [3.63, 3.8) is 0 Å². The second-order valence-corrected chi connectivity index (χ2v) is 6.44. The Bertz CT molecular complexity index is 239. The van der Waals surface area contributed by atoms with Crippen LogP contribution < -0.4 is 5.73 Å². The lowest BCUT2D eigenvalue weighted by Gasteiger charge is -2.33. The Kier molecular flexibility index (Phi) is 3.57. The molecular formula is C13H27N3. The second kappa shape index (κ2) is 4.63. The van der Waals surface area contributed by atoms with Crippen LogP contribution in [0.15, 0.2) is 0 Å². The summed E-state index contributed by atoms with van der Waals surface area (Å²) in [5.74, 6) is 0. The smallest absolute Gasteiger partial charge is 0.0223 e. The molecule has 2 fully saturated rings. The molecule has 2 rings (SSSR count). The molecule has 16 heavy (non-hydrogen) atoms. The van der Waals surface area contributed by atoms with Crippen molar-refractivity contribution in [1.82, 2.24) is 9.80 Å². The van der Waals surface area contributed by atoms with E-state index in [0.717, 1.165) is 25.2 Å². The van der Waals surface area contributed by atoms with Gasteiger partial charge < -0.3 is 10.6 Å². The van der Waals surface area contributed by atoms with Gasteiger partial charge in [-0.2, -0.15) is 0 Å². The molecule has 2 heterocycles. The van der Waals surface area contributed by atoms with Crippen molar-refractivity contribution >= 4 is 0 Å². The van der Waals surface area contributed by atoms with Gasteiger partial charge in [0.05, 0.1) is 0 Å². The van der Waals surface area contributed by atoms with Gasteiger partial charge in [-0.25, -0.2) is 0 Å². The monoisotopic (exact) mass is 225 g/mol. The number of hydrogen-bond acceptors (Lipinski definition) is 3. The van der Waals surface area contributed by atoms with Crippen LogP contribution in [0.3, 0.4) is 0 Å². The molecule has 94 valence electrons. The van der Waals surface area contributed by atoms with E-state index in [4.69, 9.17) is 5.73 Å². The van der Waals surface area contributed by atoms with E-state index in [2.05, 4.69) is 30.7 Å². The van der Waals surface area contributed by atoms with E-state index in [1.165, 1.54) is 32.4 Å². The summed E-state index contributed by atoms with van der Waals surface area (Å²) in [5, 5.41) is 0. The molecule has 2 N–H and O–H groups in total. The summed E-state index contributed by atoms with van der Waals surface area (Å²) in [6.07, 6.45) is 4.14. The Morgan fingerprint density at radius 1 is 1.19 bits per heavy atom. The highest BCUT2D eigenvalue weighted by Gasteiger charge is 2.35. The summed E-state index contributed by atoms with van der Waals surface area (Å²) in [7, 11) is 2.31. The summed E-state index contributed by atoms with van der Waals surface area (Å²) >= 11 is 0. The highest BCUT2D eigenvalue weighted by atomic mass is 15.3. The summed E-state index contributed by atoms with van der Waals surface area (Å²) in [4.78, 5) is 5.24. The van der Waals surface area contributed by atoms with Gasteiger partial charge in [0.2, 0.25) is 0 Å². The molecule has 0 aliphatic carbocycles. The van der Waals surface area contributed by atoms with Gasteiger partial charge in [-0.05, 0) is 44.8 Å². The number of nitrogens with zero attached hydrogens (tertiary/aromatic N) is 2. The third-order valence-corrected chi connectivity index (χ3v) is 4.44. The van der Waals surface area contributed by atoms with Crippen LogP contribution in [0.2, 0.25) is 0 Å². The molecule has 2 aliphatic rings. The standard InChI is InChI=1S/C13H27N3/c1-13(2,9-14)10-16-7-6-11-4-5-12(8-16)15(11)3/h11-12H,4-10,14H2,1-3H3. The van der Waals surface area contributed by atoms with Crippen LogP contribution in [0.25, 0.3) is 0 Å². The van der Waals surface area contributed by atoms with Crippen LogP contribution in [0.4, 0.5) is 0 Å². The highest BCUT2D eigenvalue weighted by Crippen LogP contribution is 2.29. The van der Waals surface area contributed by atoms with E-state index in [1.807, 2.05) is 0 Å². The second-order valence-electron chi connectivity index (χ2n) is 6.44. The quantitative estimate of drug-likeness (QED) is 0.782. The van der Waals surface area contributed by atoms with Crippen molar-refractivity contribution in [2.24, 2.45) is 11.1 Å². The predicted molar refractivity (Wildman–Crippen MR) is 68.5 cm³/mol. The van der Waals surface area contributed by atoms with Crippen molar-refractivity contribution in [2.45, 2.75) is 45.2 Å². The van der Waals surface area contributed by atoms with Crippen LogP contribution >= 0.6 is 0 Å². The third kappa shape index (κ3) is 2.58. The topological polar surface area (TPSA) is 32.5 Å². The van der Waals surface area contributed by atoms with Crippen LogP contribution in [0.5, 0.6) is 0 Å². The van der Waals surface area contributed by atoms with E-state index in [-0.39, 0.29) is 5.41 Å². The van der Waals surface area contributed by atoms with Gasteiger partial charge in [0, 0.05) is 25.2 Å². The number of nitrogens with two attached hydrogens (primary N) is 1. The zero-order valence-corrected chi connectivity index (χ0v) is 11.1. The van der Waals surface area contributed by atoms with Crippen LogP contribution in [0.1, 0.15) is 33.1 Å². The zero-order chi connectivity index (χ0) is 11.8. The lowest BCUT2D eigenvalue weighted by atomic mass is 9.92. The van der Waals surface area contributed by atoms with Crippen molar-refractivity contribution in [3.05, 3.63) is 0 Å². The average molecular weight is 225 g/mol. The SMILES string of the molecule is CN1C2CCC1CN(CC(C)(C)CN)CC2. The minimum absolute atomic E-state index is 0.266. The first-order chi connectivity index (χ1) is 7.52. The molecule has 3 nitrogen and oxygen atoms in total.